The van der Waals surface area contributed by atoms with Gasteiger partial charge in [-0.25, -0.2) is 0 Å². The summed E-state index contributed by atoms with van der Waals surface area (Å²) in [5.41, 5.74) is 0.406. The summed E-state index contributed by atoms with van der Waals surface area (Å²) < 4.78 is 5.58. The molecule has 2 rings (SSSR count). The predicted octanol–water partition coefficient (Wildman–Crippen LogP) is 3.05. The van der Waals surface area contributed by atoms with Crippen LogP contribution in [0.1, 0.15) is 59.3 Å². The molecule has 0 aromatic heterocycles. The molecule has 1 saturated carbocycles. The van der Waals surface area contributed by atoms with Gasteiger partial charge in [-0.15, -0.1) is 0 Å². The van der Waals surface area contributed by atoms with Crippen molar-refractivity contribution in [3.05, 3.63) is 0 Å². The molecule has 3 nitrogen and oxygen atoms in total. The van der Waals surface area contributed by atoms with Gasteiger partial charge in [0.2, 0.25) is 0 Å². The second kappa shape index (κ2) is 7.77. The Morgan fingerprint density at radius 2 is 1.80 bits per heavy atom. The van der Waals surface area contributed by atoms with E-state index in [0.29, 0.717) is 11.6 Å². The molecule has 3 heteroatoms. The highest BCUT2D eigenvalue weighted by Crippen LogP contribution is 2.40. The van der Waals surface area contributed by atoms with E-state index in [1.54, 1.807) is 0 Å². The third-order valence-electron chi connectivity index (χ3n) is 5.11. The van der Waals surface area contributed by atoms with Crippen LogP contribution in [0, 0.1) is 5.92 Å². The highest BCUT2D eigenvalue weighted by molar-refractivity contribution is 5.04. The van der Waals surface area contributed by atoms with E-state index >= 15 is 0 Å². The number of rotatable bonds is 7. The first kappa shape index (κ1) is 16.3. The molecule has 1 saturated heterocycles. The Balaban J connectivity index is 2.12. The Morgan fingerprint density at radius 1 is 1.15 bits per heavy atom. The van der Waals surface area contributed by atoms with E-state index in [1.165, 1.54) is 38.5 Å². The van der Waals surface area contributed by atoms with Crippen LogP contribution in [-0.2, 0) is 4.74 Å². The maximum Gasteiger partial charge on any atom is 0.0594 e. The molecule has 118 valence electrons. The highest BCUT2D eigenvalue weighted by atomic mass is 16.5. The van der Waals surface area contributed by atoms with Gasteiger partial charge in [-0.05, 0) is 38.1 Å². The van der Waals surface area contributed by atoms with Gasteiger partial charge in [-0.2, -0.15) is 0 Å². The molecule has 1 heterocycles. The lowest BCUT2D eigenvalue weighted by atomic mass is 9.81. The SMILES string of the molecule is CCCNC(CC(C)C)C1(N2CCOCC2)CCCC1. The van der Waals surface area contributed by atoms with Crippen molar-refractivity contribution < 1.29 is 4.74 Å². The van der Waals surface area contributed by atoms with E-state index < -0.39 is 0 Å². The van der Waals surface area contributed by atoms with E-state index in [9.17, 15) is 0 Å². The van der Waals surface area contributed by atoms with Gasteiger partial charge in [0, 0.05) is 24.7 Å². The molecule has 1 N–H and O–H groups in total. The van der Waals surface area contributed by atoms with Gasteiger partial charge in [0.1, 0.15) is 0 Å². The first-order valence-corrected chi connectivity index (χ1v) is 8.75. The fraction of sp³-hybridized carbons (Fsp3) is 1.00. The standard InChI is InChI=1S/C17H34N2O/c1-4-9-18-16(14-15(2)3)17(7-5-6-8-17)19-10-12-20-13-11-19/h15-16,18H,4-14H2,1-3H3. The molecule has 1 unspecified atom stereocenters. The van der Waals surface area contributed by atoms with Crippen molar-refractivity contribution in [2.45, 2.75) is 70.9 Å². The smallest absolute Gasteiger partial charge is 0.0594 e. The maximum absolute atomic E-state index is 5.58. The molecule has 2 aliphatic rings. The van der Waals surface area contributed by atoms with Crippen molar-refractivity contribution in [2.24, 2.45) is 5.92 Å². The first-order chi connectivity index (χ1) is 9.69. The zero-order chi connectivity index (χ0) is 14.4. The summed E-state index contributed by atoms with van der Waals surface area (Å²) in [6.07, 6.45) is 8.09. The minimum Gasteiger partial charge on any atom is -0.379 e. The van der Waals surface area contributed by atoms with Gasteiger partial charge in [0.15, 0.2) is 0 Å². The molecule has 0 aromatic rings. The Kier molecular flexibility index (Phi) is 6.31. The van der Waals surface area contributed by atoms with E-state index in [2.05, 4.69) is 31.0 Å². The van der Waals surface area contributed by atoms with E-state index in [-0.39, 0.29) is 0 Å². The highest BCUT2D eigenvalue weighted by Gasteiger charge is 2.45. The second-order valence-electron chi connectivity index (χ2n) is 7.05. The summed E-state index contributed by atoms with van der Waals surface area (Å²) in [4.78, 5) is 2.76. The number of hydrogen-bond acceptors (Lipinski definition) is 3. The van der Waals surface area contributed by atoms with Gasteiger partial charge < -0.3 is 10.1 Å². The van der Waals surface area contributed by atoms with Crippen LogP contribution in [0.2, 0.25) is 0 Å². The fourth-order valence-electron chi connectivity index (χ4n) is 4.16. The molecule has 0 radical (unpaired) electrons. The first-order valence-electron chi connectivity index (χ1n) is 8.75. The third-order valence-corrected chi connectivity index (χ3v) is 5.11. The van der Waals surface area contributed by atoms with Crippen LogP contribution in [0.4, 0.5) is 0 Å². The van der Waals surface area contributed by atoms with E-state index in [1.807, 2.05) is 0 Å². The number of nitrogens with zero attached hydrogens (tertiary/aromatic N) is 1. The molecular formula is C17H34N2O. The van der Waals surface area contributed by atoms with Crippen molar-refractivity contribution >= 4 is 0 Å². The largest absolute Gasteiger partial charge is 0.379 e. The number of hydrogen-bond donors (Lipinski definition) is 1. The molecular weight excluding hydrogens is 248 g/mol. The average molecular weight is 282 g/mol. The summed E-state index contributed by atoms with van der Waals surface area (Å²) >= 11 is 0. The monoisotopic (exact) mass is 282 g/mol. The zero-order valence-electron chi connectivity index (χ0n) is 13.8. The summed E-state index contributed by atoms with van der Waals surface area (Å²) in [6.45, 7) is 12.3. The Bertz CT molecular complexity index is 268. The molecule has 20 heavy (non-hydrogen) atoms. The third kappa shape index (κ3) is 3.75. The predicted molar refractivity (Wildman–Crippen MR) is 85.1 cm³/mol. The Labute approximate surface area is 125 Å². The van der Waals surface area contributed by atoms with Crippen molar-refractivity contribution in [1.82, 2.24) is 10.2 Å². The number of ether oxygens (including phenoxy) is 1. The van der Waals surface area contributed by atoms with Crippen molar-refractivity contribution in [3.63, 3.8) is 0 Å². The zero-order valence-corrected chi connectivity index (χ0v) is 13.8. The molecule has 0 aromatic carbocycles. The average Bonchev–Trinajstić information content (AvgIpc) is 2.95. The Hall–Kier alpha value is -0.120. The lowest BCUT2D eigenvalue weighted by molar-refractivity contribution is -0.0384. The van der Waals surface area contributed by atoms with Gasteiger partial charge in [-0.3, -0.25) is 4.90 Å². The minimum absolute atomic E-state index is 0.406. The van der Waals surface area contributed by atoms with Gasteiger partial charge in [-0.1, -0.05) is 33.6 Å². The Morgan fingerprint density at radius 3 is 2.35 bits per heavy atom. The second-order valence-corrected chi connectivity index (χ2v) is 7.05. The van der Waals surface area contributed by atoms with E-state index in [4.69, 9.17) is 4.74 Å². The minimum atomic E-state index is 0.406. The van der Waals surface area contributed by atoms with Crippen LogP contribution >= 0.6 is 0 Å². The molecule has 1 aliphatic heterocycles. The fourth-order valence-corrected chi connectivity index (χ4v) is 4.16. The van der Waals surface area contributed by atoms with Crippen LogP contribution < -0.4 is 5.32 Å². The van der Waals surface area contributed by atoms with Crippen molar-refractivity contribution in [3.8, 4) is 0 Å². The van der Waals surface area contributed by atoms with Crippen LogP contribution in [0.15, 0.2) is 0 Å². The normalized spacial score (nSPS) is 25.2. The van der Waals surface area contributed by atoms with Gasteiger partial charge >= 0.3 is 0 Å². The number of morpholine rings is 1. The summed E-state index contributed by atoms with van der Waals surface area (Å²) in [6, 6.07) is 0.656. The lowest BCUT2D eigenvalue weighted by Crippen LogP contribution is -2.62. The lowest BCUT2D eigenvalue weighted by Gasteiger charge is -2.49. The van der Waals surface area contributed by atoms with Crippen LogP contribution in [0.5, 0.6) is 0 Å². The van der Waals surface area contributed by atoms with E-state index in [0.717, 1.165) is 38.8 Å². The van der Waals surface area contributed by atoms with Crippen LogP contribution in [-0.4, -0.2) is 49.3 Å². The molecule has 1 atom stereocenters. The molecule has 2 fully saturated rings. The van der Waals surface area contributed by atoms with Crippen molar-refractivity contribution in [2.75, 3.05) is 32.8 Å². The van der Waals surface area contributed by atoms with Gasteiger partial charge in [0.25, 0.3) is 0 Å². The maximum atomic E-state index is 5.58. The quantitative estimate of drug-likeness (QED) is 0.777. The summed E-state index contributed by atoms with van der Waals surface area (Å²) in [7, 11) is 0. The number of nitrogens with one attached hydrogen (secondary N) is 1. The van der Waals surface area contributed by atoms with Gasteiger partial charge in [0.05, 0.1) is 13.2 Å². The van der Waals surface area contributed by atoms with Crippen LogP contribution in [0.3, 0.4) is 0 Å². The summed E-state index contributed by atoms with van der Waals surface area (Å²) in [5, 5.41) is 3.90. The summed E-state index contributed by atoms with van der Waals surface area (Å²) in [5.74, 6) is 0.767. The molecule has 0 bridgehead atoms. The topological polar surface area (TPSA) is 24.5 Å². The molecule has 0 spiro atoms. The molecule has 1 aliphatic carbocycles. The van der Waals surface area contributed by atoms with Crippen LogP contribution in [0.25, 0.3) is 0 Å². The molecule has 0 amide bonds. The van der Waals surface area contributed by atoms with Crippen molar-refractivity contribution in [1.29, 1.82) is 0 Å².